The van der Waals surface area contributed by atoms with Crippen molar-refractivity contribution in [2.45, 2.75) is 56.8 Å². The average Bonchev–Trinajstić information content (AvgIpc) is 2.63. The van der Waals surface area contributed by atoms with E-state index in [4.69, 9.17) is 15.2 Å². The molecule has 4 nitrogen and oxygen atoms in total. The Morgan fingerprint density at radius 3 is 2.94 bits per heavy atom. The monoisotopic (exact) mass is 256 g/mol. The van der Waals surface area contributed by atoms with Crippen LogP contribution in [0.25, 0.3) is 0 Å². The third-order valence-electron chi connectivity index (χ3n) is 4.65. The van der Waals surface area contributed by atoms with Crippen LogP contribution >= 0.6 is 0 Å². The first-order valence-electron chi connectivity index (χ1n) is 7.32. The predicted octanol–water partition coefficient (Wildman–Crippen LogP) is 1.38. The fourth-order valence-electron chi connectivity index (χ4n) is 3.65. The Labute approximate surface area is 111 Å². The molecule has 4 heteroatoms. The lowest BCUT2D eigenvalue weighted by Crippen LogP contribution is -2.64. The maximum absolute atomic E-state index is 6.17. The quantitative estimate of drug-likeness (QED) is 0.829. The molecular weight excluding hydrogens is 228 g/mol. The van der Waals surface area contributed by atoms with E-state index in [1.165, 1.54) is 12.8 Å². The molecule has 1 heterocycles. The van der Waals surface area contributed by atoms with Gasteiger partial charge in [0.15, 0.2) is 0 Å². The van der Waals surface area contributed by atoms with Crippen LogP contribution in [0.2, 0.25) is 0 Å². The summed E-state index contributed by atoms with van der Waals surface area (Å²) in [5.74, 6) is 0. The summed E-state index contributed by atoms with van der Waals surface area (Å²) in [4.78, 5) is 2.55. The lowest BCUT2D eigenvalue weighted by Gasteiger charge is -2.50. The van der Waals surface area contributed by atoms with E-state index in [0.717, 1.165) is 39.0 Å². The highest BCUT2D eigenvalue weighted by molar-refractivity contribution is 5.01. The van der Waals surface area contributed by atoms with Crippen molar-refractivity contribution in [3.63, 3.8) is 0 Å². The molecule has 2 fully saturated rings. The van der Waals surface area contributed by atoms with Crippen LogP contribution in [0.15, 0.2) is 0 Å². The number of nitrogens with zero attached hydrogens (tertiary/aromatic N) is 1. The lowest BCUT2D eigenvalue weighted by molar-refractivity contribution is -0.0806. The summed E-state index contributed by atoms with van der Waals surface area (Å²) in [5, 5.41) is 0. The second-order valence-electron chi connectivity index (χ2n) is 5.76. The molecule has 0 radical (unpaired) electrons. The van der Waals surface area contributed by atoms with Gasteiger partial charge >= 0.3 is 0 Å². The molecule has 0 spiro atoms. The maximum atomic E-state index is 6.17. The van der Waals surface area contributed by atoms with Crippen LogP contribution in [0.3, 0.4) is 0 Å². The fraction of sp³-hybridized carbons (Fsp3) is 1.00. The van der Waals surface area contributed by atoms with Crippen molar-refractivity contribution in [1.29, 1.82) is 0 Å². The van der Waals surface area contributed by atoms with Crippen molar-refractivity contribution in [2.75, 3.05) is 33.4 Å². The maximum Gasteiger partial charge on any atom is 0.0767 e. The first kappa shape index (κ1) is 14.3. The Bertz CT molecular complexity index is 262. The second kappa shape index (κ2) is 6.33. The SMILES string of the molecule is COC1CCCCC1(CN)N1CCCOC(C)C1. The third-order valence-corrected chi connectivity index (χ3v) is 4.65. The number of hydrogen-bond donors (Lipinski definition) is 1. The summed E-state index contributed by atoms with van der Waals surface area (Å²) < 4.78 is 11.5. The molecule has 0 aromatic heterocycles. The molecule has 2 N–H and O–H groups in total. The highest BCUT2D eigenvalue weighted by Crippen LogP contribution is 2.36. The van der Waals surface area contributed by atoms with Gasteiger partial charge in [-0.25, -0.2) is 0 Å². The minimum Gasteiger partial charge on any atom is -0.379 e. The van der Waals surface area contributed by atoms with Gasteiger partial charge in [-0.05, 0) is 26.2 Å². The molecule has 2 rings (SSSR count). The van der Waals surface area contributed by atoms with E-state index >= 15 is 0 Å². The third kappa shape index (κ3) is 2.72. The van der Waals surface area contributed by atoms with Gasteiger partial charge in [-0.1, -0.05) is 12.8 Å². The van der Waals surface area contributed by atoms with Crippen LogP contribution in [-0.2, 0) is 9.47 Å². The van der Waals surface area contributed by atoms with E-state index in [1.807, 2.05) is 7.11 Å². The number of methoxy groups -OCH3 is 1. The Balaban J connectivity index is 2.17. The van der Waals surface area contributed by atoms with E-state index in [-0.39, 0.29) is 11.6 Å². The molecule has 2 aliphatic rings. The Hall–Kier alpha value is -0.160. The molecule has 0 aromatic rings. The van der Waals surface area contributed by atoms with Crippen LogP contribution in [-0.4, -0.2) is 56.0 Å². The zero-order valence-corrected chi connectivity index (χ0v) is 11.9. The van der Waals surface area contributed by atoms with Gasteiger partial charge in [0.05, 0.1) is 17.7 Å². The summed E-state index contributed by atoms with van der Waals surface area (Å²) in [6.07, 6.45) is 6.51. The molecule has 18 heavy (non-hydrogen) atoms. The normalized spacial score (nSPS) is 39.5. The first-order chi connectivity index (χ1) is 8.73. The van der Waals surface area contributed by atoms with Crippen LogP contribution in [0, 0.1) is 0 Å². The molecule has 1 aliphatic heterocycles. The highest BCUT2D eigenvalue weighted by atomic mass is 16.5. The van der Waals surface area contributed by atoms with E-state index in [1.54, 1.807) is 0 Å². The second-order valence-corrected chi connectivity index (χ2v) is 5.76. The molecule has 1 saturated carbocycles. The molecule has 0 bridgehead atoms. The summed E-state index contributed by atoms with van der Waals surface area (Å²) >= 11 is 0. The average molecular weight is 256 g/mol. The molecular formula is C14H28N2O2. The Kier molecular flexibility index (Phi) is 5.01. The predicted molar refractivity (Wildman–Crippen MR) is 72.7 cm³/mol. The molecule has 106 valence electrons. The van der Waals surface area contributed by atoms with E-state index < -0.39 is 0 Å². The van der Waals surface area contributed by atoms with Gasteiger partial charge in [0, 0.05) is 33.4 Å². The Morgan fingerprint density at radius 2 is 2.22 bits per heavy atom. The molecule has 1 saturated heterocycles. The molecule has 3 atom stereocenters. The van der Waals surface area contributed by atoms with Crippen LogP contribution in [0.5, 0.6) is 0 Å². The standard InChI is InChI=1S/C14H28N2O2/c1-12-10-16(8-5-9-18-12)14(11-15)7-4-3-6-13(14)17-2/h12-13H,3-11,15H2,1-2H3. The van der Waals surface area contributed by atoms with Crippen molar-refractivity contribution < 1.29 is 9.47 Å². The van der Waals surface area contributed by atoms with Crippen LogP contribution < -0.4 is 5.73 Å². The van der Waals surface area contributed by atoms with Gasteiger partial charge in [-0.2, -0.15) is 0 Å². The Morgan fingerprint density at radius 1 is 1.39 bits per heavy atom. The van der Waals surface area contributed by atoms with Crippen molar-refractivity contribution in [3.8, 4) is 0 Å². The summed E-state index contributed by atoms with van der Waals surface area (Å²) in [6, 6.07) is 0. The molecule has 0 aromatic carbocycles. The summed E-state index contributed by atoms with van der Waals surface area (Å²) in [6.45, 7) is 5.79. The lowest BCUT2D eigenvalue weighted by atomic mass is 9.77. The minimum absolute atomic E-state index is 0.0367. The van der Waals surface area contributed by atoms with Crippen LogP contribution in [0.1, 0.15) is 39.0 Å². The van der Waals surface area contributed by atoms with Crippen molar-refractivity contribution in [1.82, 2.24) is 4.90 Å². The largest absolute Gasteiger partial charge is 0.379 e. The summed E-state index contributed by atoms with van der Waals surface area (Å²) in [5.41, 5.74) is 6.21. The topological polar surface area (TPSA) is 47.7 Å². The molecule has 1 aliphatic carbocycles. The highest BCUT2D eigenvalue weighted by Gasteiger charge is 2.45. The number of hydrogen-bond acceptors (Lipinski definition) is 4. The molecule has 0 amide bonds. The molecule has 3 unspecified atom stereocenters. The van der Waals surface area contributed by atoms with Crippen molar-refractivity contribution >= 4 is 0 Å². The smallest absolute Gasteiger partial charge is 0.0767 e. The van der Waals surface area contributed by atoms with Gasteiger partial charge < -0.3 is 15.2 Å². The van der Waals surface area contributed by atoms with Crippen LogP contribution in [0.4, 0.5) is 0 Å². The zero-order valence-electron chi connectivity index (χ0n) is 11.9. The van der Waals surface area contributed by atoms with Gasteiger partial charge in [-0.15, -0.1) is 0 Å². The number of rotatable bonds is 3. The minimum atomic E-state index is 0.0367. The fourth-order valence-corrected chi connectivity index (χ4v) is 3.65. The van der Waals surface area contributed by atoms with Crippen molar-refractivity contribution in [2.24, 2.45) is 5.73 Å². The zero-order chi connectivity index (χ0) is 13.0. The number of ether oxygens (including phenoxy) is 2. The van der Waals surface area contributed by atoms with Crippen molar-refractivity contribution in [3.05, 3.63) is 0 Å². The van der Waals surface area contributed by atoms with Gasteiger partial charge in [0.2, 0.25) is 0 Å². The summed E-state index contributed by atoms with van der Waals surface area (Å²) in [7, 11) is 1.83. The van der Waals surface area contributed by atoms with E-state index in [2.05, 4.69) is 11.8 Å². The van der Waals surface area contributed by atoms with Gasteiger partial charge in [0.25, 0.3) is 0 Å². The number of nitrogens with two attached hydrogens (primary N) is 1. The van der Waals surface area contributed by atoms with Gasteiger partial charge in [-0.3, -0.25) is 4.90 Å². The van der Waals surface area contributed by atoms with Gasteiger partial charge in [0.1, 0.15) is 0 Å². The first-order valence-corrected chi connectivity index (χ1v) is 7.32. The van der Waals surface area contributed by atoms with E-state index in [9.17, 15) is 0 Å². The van der Waals surface area contributed by atoms with E-state index in [0.29, 0.717) is 12.6 Å².